The average molecular weight is 191 g/mol. The van der Waals surface area contributed by atoms with Crippen LogP contribution in [0, 0.1) is 5.92 Å². The molecule has 68 valence electrons. The van der Waals surface area contributed by atoms with E-state index in [4.69, 9.17) is 0 Å². The molecule has 0 spiro atoms. The second-order valence-electron chi connectivity index (χ2n) is 3.43. The summed E-state index contributed by atoms with van der Waals surface area (Å²) < 4.78 is 0. The third kappa shape index (κ3) is 2.13. The lowest BCUT2D eigenvalue weighted by atomic mass is 10.2. The van der Waals surface area contributed by atoms with Crippen molar-refractivity contribution in [2.24, 2.45) is 10.9 Å². The summed E-state index contributed by atoms with van der Waals surface area (Å²) in [5.41, 5.74) is 1.26. The molecule has 0 fully saturated rings. The summed E-state index contributed by atoms with van der Waals surface area (Å²) in [5.74, 6) is 1.94. The van der Waals surface area contributed by atoms with Crippen LogP contribution in [0.25, 0.3) is 0 Å². The van der Waals surface area contributed by atoms with Gasteiger partial charge in [-0.1, -0.05) is 37.3 Å². The van der Waals surface area contributed by atoms with Gasteiger partial charge in [-0.15, -0.1) is 11.8 Å². The maximum absolute atomic E-state index is 4.56. The van der Waals surface area contributed by atoms with Gasteiger partial charge in [0, 0.05) is 17.9 Å². The standard InChI is InChI=1S/C11H13NS/c1-9-7-12-11(13-8-9)10-5-3-2-4-6-10/h2-6,9H,7-8H2,1H3. The van der Waals surface area contributed by atoms with Gasteiger partial charge in [-0.3, -0.25) is 4.99 Å². The molecule has 1 unspecified atom stereocenters. The topological polar surface area (TPSA) is 12.4 Å². The molecule has 0 amide bonds. The Balaban J connectivity index is 2.19. The summed E-state index contributed by atoms with van der Waals surface area (Å²) >= 11 is 1.87. The molecule has 1 aliphatic heterocycles. The highest BCUT2D eigenvalue weighted by atomic mass is 32.2. The van der Waals surface area contributed by atoms with Crippen molar-refractivity contribution in [1.29, 1.82) is 0 Å². The molecule has 0 radical (unpaired) electrons. The van der Waals surface area contributed by atoms with Gasteiger partial charge in [0.1, 0.15) is 0 Å². The smallest absolute Gasteiger partial charge is 0.0977 e. The Morgan fingerprint density at radius 3 is 2.69 bits per heavy atom. The summed E-state index contributed by atoms with van der Waals surface area (Å²) in [4.78, 5) is 4.56. The average Bonchev–Trinajstić information content (AvgIpc) is 2.20. The molecule has 0 bridgehead atoms. The lowest BCUT2D eigenvalue weighted by Gasteiger charge is -2.16. The molecule has 2 rings (SSSR count). The van der Waals surface area contributed by atoms with Crippen LogP contribution in [-0.4, -0.2) is 17.3 Å². The van der Waals surface area contributed by atoms with Crippen molar-refractivity contribution in [3.8, 4) is 0 Å². The van der Waals surface area contributed by atoms with Crippen LogP contribution in [0.15, 0.2) is 35.3 Å². The number of benzene rings is 1. The van der Waals surface area contributed by atoms with Gasteiger partial charge in [-0.2, -0.15) is 0 Å². The van der Waals surface area contributed by atoms with Gasteiger partial charge in [0.05, 0.1) is 5.04 Å². The third-order valence-electron chi connectivity index (χ3n) is 2.07. The van der Waals surface area contributed by atoms with Crippen LogP contribution in [0.5, 0.6) is 0 Å². The first-order chi connectivity index (χ1) is 6.36. The lowest BCUT2D eigenvalue weighted by molar-refractivity contribution is 0.674. The second-order valence-corrected chi connectivity index (χ2v) is 4.44. The Bertz CT molecular complexity index is 305. The quantitative estimate of drug-likeness (QED) is 0.665. The van der Waals surface area contributed by atoms with Crippen LogP contribution < -0.4 is 0 Å². The zero-order chi connectivity index (χ0) is 9.10. The number of rotatable bonds is 1. The molecule has 1 nitrogen and oxygen atoms in total. The highest BCUT2D eigenvalue weighted by Gasteiger charge is 2.12. The zero-order valence-electron chi connectivity index (χ0n) is 7.73. The third-order valence-corrected chi connectivity index (χ3v) is 3.45. The molecular weight excluding hydrogens is 178 g/mol. The fourth-order valence-electron chi connectivity index (χ4n) is 1.31. The molecule has 1 aliphatic rings. The molecule has 0 saturated carbocycles. The highest BCUT2D eigenvalue weighted by molar-refractivity contribution is 8.14. The summed E-state index contributed by atoms with van der Waals surface area (Å²) in [6.07, 6.45) is 0. The molecule has 1 atom stereocenters. The maximum Gasteiger partial charge on any atom is 0.0977 e. The largest absolute Gasteiger partial charge is 0.278 e. The van der Waals surface area contributed by atoms with E-state index >= 15 is 0 Å². The SMILES string of the molecule is CC1CN=C(c2ccccc2)SC1. The molecule has 1 aromatic carbocycles. The minimum absolute atomic E-state index is 0.734. The number of hydrogen-bond acceptors (Lipinski definition) is 2. The molecule has 13 heavy (non-hydrogen) atoms. The number of nitrogens with zero attached hydrogens (tertiary/aromatic N) is 1. The van der Waals surface area contributed by atoms with Crippen molar-refractivity contribution >= 4 is 16.8 Å². The number of aliphatic imine (C=N–C) groups is 1. The van der Waals surface area contributed by atoms with E-state index in [0.717, 1.165) is 12.5 Å². The van der Waals surface area contributed by atoms with Crippen LogP contribution in [0.2, 0.25) is 0 Å². The predicted molar refractivity (Wildman–Crippen MR) is 59.5 cm³/mol. The monoisotopic (exact) mass is 191 g/mol. The van der Waals surface area contributed by atoms with Crippen LogP contribution in [0.1, 0.15) is 12.5 Å². The number of thioether (sulfide) groups is 1. The normalized spacial score (nSPS) is 22.5. The first-order valence-electron chi connectivity index (χ1n) is 4.59. The van der Waals surface area contributed by atoms with E-state index in [1.54, 1.807) is 0 Å². The molecule has 1 heterocycles. The van der Waals surface area contributed by atoms with Crippen molar-refractivity contribution in [1.82, 2.24) is 0 Å². The summed E-state index contributed by atoms with van der Waals surface area (Å²) in [6, 6.07) is 10.4. The van der Waals surface area contributed by atoms with Gasteiger partial charge in [0.25, 0.3) is 0 Å². The van der Waals surface area contributed by atoms with Crippen LogP contribution in [0.3, 0.4) is 0 Å². The van der Waals surface area contributed by atoms with E-state index in [2.05, 4.69) is 36.2 Å². The lowest BCUT2D eigenvalue weighted by Crippen LogP contribution is -2.13. The molecule has 0 N–H and O–H groups in total. The van der Waals surface area contributed by atoms with Crippen molar-refractivity contribution in [2.75, 3.05) is 12.3 Å². The van der Waals surface area contributed by atoms with E-state index in [1.165, 1.54) is 16.4 Å². The van der Waals surface area contributed by atoms with Crippen LogP contribution >= 0.6 is 11.8 Å². The van der Waals surface area contributed by atoms with Crippen molar-refractivity contribution in [3.05, 3.63) is 35.9 Å². The van der Waals surface area contributed by atoms with Crippen molar-refractivity contribution < 1.29 is 0 Å². The molecular formula is C11H13NS. The van der Waals surface area contributed by atoms with E-state index in [9.17, 15) is 0 Å². The highest BCUT2D eigenvalue weighted by Crippen LogP contribution is 2.21. The first kappa shape index (κ1) is 8.82. The Kier molecular flexibility index (Phi) is 2.69. The molecule has 0 saturated heterocycles. The van der Waals surface area contributed by atoms with Gasteiger partial charge < -0.3 is 0 Å². The minimum atomic E-state index is 0.734. The summed E-state index contributed by atoms with van der Waals surface area (Å²) in [7, 11) is 0. The van der Waals surface area contributed by atoms with Crippen molar-refractivity contribution in [3.63, 3.8) is 0 Å². The Morgan fingerprint density at radius 2 is 2.08 bits per heavy atom. The van der Waals surface area contributed by atoms with Crippen molar-refractivity contribution in [2.45, 2.75) is 6.92 Å². The first-order valence-corrected chi connectivity index (χ1v) is 5.57. The predicted octanol–water partition coefficient (Wildman–Crippen LogP) is 2.82. The van der Waals surface area contributed by atoms with E-state index < -0.39 is 0 Å². The van der Waals surface area contributed by atoms with E-state index in [-0.39, 0.29) is 0 Å². The second kappa shape index (κ2) is 3.97. The Labute approximate surface area is 83.3 Å². The molecule has 0 aromatic heterocycles. The van der Waals surface area contributed by atoms with Gasteiger partial charge in [-0.05, 0) is 5.92 Å². The molecule has 1 aromatic rings. The summed E-state index contributed by atoms with van der Waals surface area (Å²) in [5, 5.41) is 1.21. The number of hydrogen-bond donors (Lipinski definition) is 0. The van der Waals surface area contributed by atoms with Gasteiger partial charge in [0.15, 0.2) is 0 Å². The zero-order valence-corrected chi connectivity index (χ0v) is 8.55. The Hall–Kier alpha value is -0.760. The minimum Gasteiger partial charge on any atom is -0.278 e. The van der Waals surface area contributed by atoms with Gasteiger partial charge in [0.2, 0.25) is 0 Å². The van der Waals surface area contributed by atoms with E-state index in [0.29, 0.717) is 0 Å². The summed E-state index contributed by atoms with van der Waals surface area (Å²) in [6.45, 7) is 3.23. The maximum atomic E-state index is 4.56. The van der Waals surface area contributed by atoms with E-state index in [1.807, 2.05) is 17.8 Å². The van der Waals surface area contributed by atoms with Crippen LogP contribution in [0.4, 0.5) is 0 Å². The molecule has 0 aliphatic carbocycles. The van der Waals surface area contributed by atoms with Crippen LogP contribution in [-0.2, 0) is 0 Å². The molecule has 2 heteroatoms. The Morgan fingerprint density at radius 1 is 1.31 bits per heavy atom. The fraction of sp³-hybridized carbons (Fsp3) is 0.364. The van der Waals surface area contributed by atoms with Gasteiger partial charge in [-0.25, -0.2) is 0 Å². The van der Waals surface area contributed by atoms with Gasteiger partial charge >= 0.3 is 0 Å². The fourth-order valence-corrected chi connectivity index (χ4v) is 2.33.